The Morgan fingerprint density at radius 1 is 0.966 bits per heavy atom. The third kappa shape index (κ3) is 3.36. The molecule has 0 aromatic heterocycles. The first kappa shape index (κ1) is 20.2. The maximum atomic E-state index is 12.9. The average Bonchev–Trinajstić information content (AvgIpc) is 2.63. The maximum absolute atomic E-state index is 12.9. The minimum atomic E-state index is -0.891. The van der Waals surface area contributed by atoms with Crippen molar-refractivity contribution in [3.05, 3.63) is 46.0 Å². The van der Waals surface area contributed by atoms with E-state index in [0.29, 0.717) is 0 Å². The molecule has 0 saturated heterocycles. The number of hydrogen-bond donors (Lipinski definition) is 5. The van der Waals surface area contributed by atoms with Gasteiger partial charge < -0.3 is 30.3 Å². The number of carbonyl (C=O) groups excluding carboxylic acids is 3. The summed E-state index contributed by atoms with van der Waals surface area (Å²) in [6.45, 7) is 0.555. The minimum absolute atomic E-state index is 0.0355. The van der Waals surface area contributed by atoms with Gasteiger partial charge in [0.2, 0.25) is 5.78 Å². The fourth-order valence-corrected chi connectivity index (χ4v) is 3.45. The quantitative estimate of drug-likeness (QED) is 0.396. The predicted molar refractivity (Wildman–Crippen MR) is 97.5 cm³/mol. The number of ether oxygens (including phenoxy) is 1. The Hall–Kier alpha value is -3.59. The standard InChI is InChI=1S/C20H18O9/c1-8(22)29-3-2-9(7-21)15-14(25)6-12-17(19(15)27)20(28)16-11(18(12)26)4-10(23)5-13(16)24/h4-6,9,21,23-25,27H,2-3,7H2,1H3/t9-/m1/s1. The Kier molecular flexibility index (Phi) is 5.17. The highest BCUT2D eigenvalue weighted by atomic mass is 16.5. The number of ketones is 2. The van der Waals surface area contributed by atoms with Crippen molar-refractivity contribution in [3.8, 4) is 23.0 Å². The zero-order chi connectivity index (χ0) is 21.5. The molecule has 5 N–H and O–H groups in total. The number of phenols is 4. The molecule has 0 fully saturated rings. The normalized spacial score (nSPS) is 13.6. The van der Waals surface area contributed by atoms with E-state index in [2.05, 4.69) is 0 Å². The Morgan fingerprint density at radius 3 is 2.24 bits per heavy atom. The van der Waals surface area contributed by atoms with Gasteiger partial charge in [-0.05, 0) is 18.6 Å². The van der Waals surface area contributed by atoms with Gasteiger partial charge in [-0.15, -0.1) is 0 Å². The molecule has 0 amide bonds. The third-order valence-corrected chi connectivity index (χ3v) is 4.76. The van der Waals surface area contributed by atoms with Gasteiger partial charge in [0.15, 0.2) is 5.78 Å². The number of hydrogen-bond acceptors (Lipinski definition) is 9. The zero-order valence-corrected chi connectivity index (χ0v) is 15.3. The van der Waals surface area contributed by atoms with E-state index in [4.69, 9.17) is 4.74 Å². The lowest BCUT2D eigenvalue weighted by molar-refractivity contribution is -0.141. The Bertz CT molecular complexity index is 1040. The largest absolute Gasteiger partial charge is 0.508 e. The molecule has 2 aromatic rings. The summed E-state index contributed by atoms with van der Waals surface area (Å²) >= 11 is 0. The summed E-state index contributed by atoms with van der Waals surface area (Å²) in [7, 11) is 0. The summed E-state index contributed by atoms with van der Waals surface area (Å²) in [4.78, 5) is 36.6. The monoisotopic (exact) mass is 402 g/mol. The lowest BCUT2D eigenvalue weighted by atomic mass is 9.80. The molecule has 0 heterocycles. The molecule has 9 nitrogen and oxygen atoms in total. The van der Waals surface area contributed by atoms with Crippen LogP contribution in [0.5, 0.6) is 23.0 Å². The van der Waals surface area contributed by atoms with Crippen LogP contribution in [0.15, 0.2) is 18.2 Å². The van der Waals surface area contributed by atoms with Gasteiger partial charge in [-0.2, -0.15) is 0 Å². The average molecular weight is 402 g/mol. The number of aliphatic hydroxyl groups is 1. The molecular weight excluding hydrogens is 384 g/mol. The summed E-state index contributed by atoms with van der Waals surface area (Å²) in [6, 6.07) is 2.89. The van der Waals surface area contributed by atoms with E-state index in [1.165, 1.54) is 6.92 Å². The van der Waals surface area contributed by atoms with Crippen LogP contribution in [0.25, 0.3) is 0 Å². The van der Waals surface area contributed by atoms with E-state index in [0.717, 1.165) is 18.2 Å². The van der Waals surface area contributed by atoms with Crippen LogP contribution in [0.3, 0.4) is 0 Å². The molecule has 0 radical (unpaired) electrons. The number of aliphatic hydroxyl groups excluding tert-OH is 1. The first-order valence-electron chi connectivity index (χ1n) is 8.65. The SMILES string of the molecule is CC(=O)OCC[C@H](CO)c1c(O)cc2c(c1O)C(=O)c1c(O)cc(O)cc1C2=O. The molecular formula is C20H18O9. The predicted octanol–water partition coefficient (Wildman–Crippen LogP) is 1.31. The number of aromatic hydroxyl groups is 4. The highest BCUT2D eigenvalue weighted by Gasteiger charge is 2.37. The van der Waals surface area contributed by atoms with Gasteiger partial charge >= 0.3 is 5.97 Å². The Morgan fingerprint density at radius 2 is 1.62 bits per heavy atom. The van der Waals surface area contributed by atoms with Crippen LogP contribution in [-0.4, -0.2) is 56.3 Å². The molecule has 1 aliphatic carbocycles. The molecule has 9 heteroatoms. The van der Waals surface area contributed by atoms with Crippen molar-refractivity contribution in [1.82, 2.24) is 0 Å². The molecule has 0 saturated carbocycles. The summed E-state index contributed by atoms with van der Waals surface area (Å²) in [5.74, 6) is -5.39. The van der Waals surface area contributed by atoms with E-state index < -0.39 is 58.6 Å². The van der Waals surface area contributed by atoms with Crippen LogP contribution in [0.1, 0.15) is 56.7 Å². The molecule has 0 aliphatic heterocycles. The zero-order valence-electron chi connectivity index (χ0n) is 15.3. The molecule has 1 aliphatic rings. The van der Waals surface area contributed by atoms with Gasteiger partial charge in [-0.3, -0.25) is 14.4 Å². The summed E-state index contributed by atoms with van der Waals surface area (Å²) in [6.07, 6.45) is 0.0355. The molecule has 3 rings (SSSR count). The second kappa shape index (κ2) is 7.44. The lowest BCUT2D eigenvalue weighted by Gasteiger charge is -2.24. The molecule has 1 atom stereocenters. The van der Waals surface area contributed by atoms with Crippen LogP contribution < -0.4 is 0 Å². The van der Waals surface area contributed by atoms with Crippen molar-refractivity contribution in [3.63, 3.8) is 0 Å². The van der Waals surface area contributed by atoms with Crippen LogP contribution in [0.2, 0.25) is 0 Å². The van der Waals surface area contributed by atoms with Gasteiger partial charge in [-0.25, -0.2) is 0 Å². The van der Waals surface area contributed by atoms with Crippen LogP contribution in [-0.2, 0) is 9.53 Å². The van der Waals surface area contributed by atoms with Crippen LogP contribution >= 0.6 is 0 Å². The van der Waals surface area contributed by atoms with Gasteiger partial charge in [0.25, 0.3) is 0 Å². The van der Waals surface area contributed by atoms with Crippen molar-refractivity contribution < 1.29 is 44.7 Å². The smallest absolute Gasteiger partial charge is 0.302 e. The van der Waals surface area contributed by atoms with Gasteiger partial charge in [0.05, 0.1) is 24.3 Å². The van der Waals surface area contributed by atoms with E-state index in [-0.39, 0.29) is 35.3 Å². The number of rotatable bonds is 5. The minimum Gasteiger partial charge on any atom is -0.508 e. The number of phenolic OH excluding ortho intramolecular Hbond substituents is 4. The molecule has 0 spiro atoms. The van der Waals surface area contributed by atoms with Gasteiger partial charge in [0, 0.05) is 35.6 Å². The van der Waals surface area contributed by atoms with Crippen LogP contribution in [0.4, 0.5) is 0 Å². The second-order valence-corrected chi connectivity index (χ2v) is 6.63. The summed E-state index contributed by atoms with van der Waals surface area (Å²) < 4.78 is 4.81. The van der Waals surface area contributed by atoms with E-state index in [1.807, 2.05) is 0 Å². The first-order chi connectivity index (χ1) is 13.7. The number of benzene rings is 2. The molecule has 2 aromatic carbocycles. The summed E-state index contributed by atoms with van der Waals surface area (Å²) in [5.41, 5.74) is -1.56. The van der Waals surface area contributed by atoms with Gasteiger partial charge in [0.1, 0.15) is 23.0 Å². The van der Waals surface area contributed by atoms with Crippen LogP contribution in [0, 0.1) is 0 Å². The van der Waals surface area contributed by atoms with E-state index in [9.17, 15) is 39.9 Å². The number of carbonyl (C=O) groups is 3. The van der Waals surface area contributed by atoms with E-state index >= 15 is 0 Å². The first-order valence-corrected chi connectivity index (χ1v) is 8.65. The fourth-order valence-electron chi connectivity index (χ4n) is 3.45. The van der Waals surface area contributed by atoms with Crippen molar-refractivity contribution in [2.75, 3.05) is 13.2 Å². The van der Waals surface area contributed by atoms with Crippen molar-refractivity contribution >= 4 is 17.5 Å². The number of fused-ring (bicyclic) bond motifs is 2. The van der Waals surface area contributed by atoms with Crippen molar-refractivity contribution in [1.29, 1.82) is 0 Å². The Labute approximate surface area is 164 Å². The Balaban J connectivity index is 2.13. The fraction of sp³-hybridized carbons (Fsp3) is 0.250. The molecule has 29 heavy (non-hydrogen) atoms. The lowest BCUT2D eigenvalue weighted by Crippen LogP contribution is -2.22. The van der Waals surface area contributed by atoms with Gasteiger partial charge in [-0.1, -0.05) is 0 Å². The maximum Gasteiger partial charge on any atom is 0.302 e. The van der Waals surface area contributed by atoms with Crippen molar-refractivity contribution in [2.45, 2.75) is 19.3 Å². The van der Waals surface area contributed by atoms with Crippen molar-refractivity contribution in [2.24, 2.45) is 0 Å². The highest BCUT2D eigenvalue weighted by Crippen LogP contribution is 2.45. The third-order valence-electron chi connectivity index (χ3n) is 4.76. The number of esters is 1. The molecule has 0 bridgehead atoms. The summed E-state index contributed by atoms with van der Waals surface area (Å²) in [5, 5.41) is 50.4. The second-order valence-electron chi connectivity index (χ2n) is 6.63. The molecule has 0 unspecified atom stereocenters. The van der Waals surface area contributed by atoms with E-state index in [1.54, 1.807) is 0 Å². The topological polar surface area (TPSA) is 162 Å². The molecule has 152 valence electrons. The highest BCUT2D eigenvalue weighted by molar-refractivity contribution is 6.30.